The average molecular weight is 318 g/mol. The van der Waals surface area contributed by atoms with Crippen molar-refractivity contribution in [1.82, 2.24) is 0 Å². The van der Waals surface area contributed by atoms with E-state index in [1.54, 1.807) is 0 Å². The fourth-order valence-electron chi connectivity index (χ4n) is 7.20. The molecular formula is C20H30O3. The number of aliphatic hydroxyl groups is 1. The molecule has 0 unspecified atom stereocenters. The molecule has 0 aromatic rings. The van der Waals surface area contributed by atoms with Crippen molar-refractivity contribution < 1.29 is 14.7 Å². The molecule has 0 spiro atoms. The SMILES string of the molecule is C[C@@H]1C[C@@]2(C)[C@@H](CC[C@H]3[C@@H]4CC[C@H](O)[C@@]4(C)CC(=O)[C@@H]32)CC1=O. The molecule has 4 aliphatic rings. The van der Waals surface area contributed by atoms with Gasteiger partial charge < -0.3 is 5.11 Å². The van der Waals surface area contributed by atoms with Gasteiger partial charge in [-0.2, -0.15) is 0 Å². The highest BCUT2D eigenvalue weighted by Crippen LogP contribution is 2.65. The number of fused-ring (bicyclic) bond motifs is 5. The van der Waals surface area contributed by atoms with Gasteiger partial charge in [-0.05, 0) is 55.3 Å². The summed E-state index contributed by atoms with van der Waals surface area (Å²) in [6, 6.07) is 0. The van der Waals surface area contributed by atoms with Crippen LogP contribution in [0.2, 0.25) is 0 Å². The Balaban J connectivity index is 1.71. The number of ketones is 2. The molecule has 4 rings (SSSR count). The summed E-state index contributed by atoms with van der Waals surface area (Å²) >= 11 is 0. The van der Waals surface area contributed by atoms with E-state index < -0.39 is 0 Å². The van der Waals surface area contributed by atoms with Crippen LogP contribution in [0.4, 0.5) is 0 Å². The van der Waals surface area contributed by atoms with E-state index in [1.807, 2.05) is 6.92 Å². The van der Waals surface area contributed by atoms with E-state index in [2.05, 4.69) is 13.8 Å². The van der Waals surface area contributed by atoms with E-state index in [-0.39, 0.29) is 28.8 Å². The van der Waals surface area contributed by atoms with Gasteiger partial charge in [0.25, 0.3) is 0 Å². The van der Waals surface area contributed by atoms with Gasteiger partial charge in [0.2, 0.25) is 0 Å². The van der Waals surface area contributed by atoms with Gasteiger partial charge in [-0.1, -0.05) is 20.8 Å². The Kier molecular flexibility index (Phi) is 3.37. The van der Waals surface area contributed by atoms with Crippen molar-refractivity contribution in [2.45, 2.75) is 71.8 Å². The van der Waals surface area contributed by atoms with Crippen LogP contribution >= 0.6 is 0 Å². The fraction of sp³-hybridized carbons (Fsp3) is 0.900. The summed E-state index contributed by atoms with van der Waals surface area (Å²) in [5, 5.41) is 10.5. The second-order valence-electron chi connectivity index (χ2n) is 9.55. The molecule has 0 amide bonds. The van der Waals surface area contributed by atoms with Crippen LogP contribution in [0.3, 0.4) is 0 Å². The predicted molar refractivity (Wildman–Crippen MR) is 87.7 cm³/mol. The highest BCUT2D eigenvalue weighted by atomic mass is 16.3. The minimum Gasteiger partial charge on any atom is -0.393 e. The third-order valence-corrected chi connectivity index (χ3v) is 8.44. The molecule has 0 radical (unpaired) electrons. The van der Waals surface area contributed by atoms with E-state index in [9.17, 15) is 14.7 Å². The maximum atomic E-state index is 13.2. The molecule has 0 saturated heterocycles. The smallest absolute Gasteiger partial charge is 0.137 e. The zero-order valence-corrected chi connectivity index (χ0v) is 14.7. The lowest BCUT2D eigenvalue weighted by Crippen LogP contribution is -2.58. The Morgan fingerprint density at radius 1 is 1.00 bits per heavy atom. The zero-order chi connectivity index (χ0) is 16.6. The summed E-state index contributed by atoms with van der Waals surface area (Å²) in [7, 11) is 0. The highest BCUT2D eigenvalue weighted by molar-refractivity contribution is 5.86. The first kappa shape index (κ1) is 15.8. The van der Waals surface area contributed by atoms with Gasteiger partial charge in [0.15, 0.2) is 0 Å². The quantitative estimate of drug-likeness (QED) is 0.745. The monoisotopic (exact) mass is 318 g/mol. The molecule has 4 fully saturated rings. The van der Waals surface area contributed by atoms with Crippen molar-refractivity contribution in [3.8, 4) is 0 Å². The Morgan fingerprint density at radius 3 is 2.48 bits per heavy atom. The summed E-state index contributed by atoms with van der Waals surface area (Å²) in [5.74, 6) is 2.32. The molecule has 8 atom stereocenters. The average Bonchev–Trinajstić information content (AvgIpc) is 2.76. The molecule has 0 bridgehead atoms. The first-order valence-corrected chi connectivity index (χ1v) is 9.51. The second kappa shape index (κ2) is 4.91. The van der Waals surface area contributed by atoms with Crippen molar-refractivity contribution in [3.05, 3.63) is 0 Å². The van der Waals surface area contributed by atoms with Gasteiger partial charge in [0, 0.05) is 30.1 Å². The van der Waals surface area contributed by atoms with E-state index >= 15 is 0 Å². The Labute approximate surface area is 139 Å². The third-order valence-electron chi connectivity index (χ3n) is 8.44. The van der Waals surface area contributed by atoms with Crippen LogP contribution < -0.4 is 0 Å². The van der Waals surface area contributed by atoms with Gasteiger partial charge >= 0.3 is 0 Å². The molecule has 0 aromatic heterocycles. The second-order valence-corrected chi connectivity index (χ2v) is 9.55. The summed E-state index contributed by atoms with van der Waals surface area (Å²) < 4.78 is 0. The van der Waals surface area contributed by atoms with E-state index in [4.69, 9.17) is 0 Å². The Morgan fingerprint density at radius 2 is 1.74 bits per heavy atom. The van der Waals surface area contributed by atoms with Gasteiger partial charge in [0.05, 0.1) is 6.10 Å². The van der Waals surface area contributed by atoms with Crippen LogP contribution in [0.5, 0.6) is 0 Å². The molecule has 0 aromatic carbocycles. The maximum absolute atomic E-state index is 13.2. The minimum absolute atomic E-state index is 0.00218. The molecule has 23 heavy (non-hydrogen) atoms. The lowest BCUT2D eigenvalue weighted by Gasteiger charge is -2.59. The van der Waals surface area contributed by atoms with Crippen molar-refractivity contribution in [2.24, 2.45) is 40.4 Å². The first-order chi connectivity index (χ1) is 10.8. The lowest BCUT2D eigenvalue weighted by molar-refractivity contribution is -0.165. The standard InChI is InChI=1S/C20H30O3/c1-11-9-19(2)12(8-15(11)21)4-5-13-14-6-7-17(23)20(14,3)10-16(22)18(13)19/h11-14,17-18,23H,4-10H2,1-3H3/t11-,12+,13+,14+,17+,18-,19+,20+/m1/s1. The van der Waals surface area contributed by atoms with Crippen LogP contribution in [0.15, 0.2) is 0 Å². The maximum Gasteiger partial charge on any atom is 0.137 e. The summed E-state index contributed by atoms with van der Waals surface area (Å²) in [5.41, 5.74) is -0.195. The molecule has 0 heterocycles. The topological polar surface area (TPSA) is 54.4 Å². The molecule has 128 valence electrons. The van der Waals surface area contributed by atoms with Crippen molar-refractivity contribution >= 4 is 11.6 Å². The third kappa shape index (κ3) is 1.98. The van der Waals surface area contributed by atoms with Crippen LogP contribution in [0, 0.1) is 40.4 Å². The van der Waals surface area contributed by atoms with Crippen LogP contribution in [-0.2, 0) is 9.59 Å². The van der Waals surface area contributed by atoms with Crippen LogP contribution in [0.25, 0.3) is 0 Å². The van der Waals surface area contributed by atoms with E-state index in [1.165, 1.54) is 0 Å². The highest BCUT2D eigenvalue weighted by Gasteiger charge is 2.63. The van der Waals surface area contributed by atoms with Gasteiger partial charge in [-0.3, -0.25) is 9.59 Å². The number of hydrogen-bond acceptors (Lipinski definition) is 3. The van der Waals surface area contributed by atoms with Crippen molar-refractivity contribution in [1.29, 1.82) is 0 Å². The molecule has 4 aliphatic carbocycles. The van der Waals surface area contributed by atoms with Gasteiger partial charge in [0.1, 0.15) is 11.6 Å². The molecular weight excluding hydrogens is 288 g/mol. The fourth-order valence-corrected chi connectivity index (χ4v) is 7.20. The molecule has 4 saturated carbocycles. The normalized spacial score (nSPS) is 56.0. The Hall–Kier alpha value is -0.700. The van der Waals surface area contributed by atoms with Gasteiger partial charge in [-0.15, -0.1) is 0 Å². The van der Waals surface area contributed by atoms with E-state index in [0.717, 1.165) is 32.1 Å². The number of carbonyl (C=O) groups excluding carboxylic acids is 2. The van der Waals surface area contributed by atoms with E-state index in [0.29, 0.717) is 42.2 Å². The van der Waals surface area contributed by atoms with Crippen molar-refractivity contribution in [3.63, 3.8) is 0 Å². The predicted octanol–water partition coefficient (Wildman–Crippen LogP) is 3.38. The number of rotatable bonds is 0. The van der Waals surface area contributed by atoms with Crippen LogP contribution in [-0.4, -0.2) is 22.8 Å². The summed E-state index contributed by atoms with van der Waals surface area (Å²) in [6.45, 7) is 6.48. The number of hydrogen-bond donors (Lipinski definition) is 1. The Bertz CT molecular complexity index is 555. The van der Waals surface area contributed by atoms with Crippen LogP contribution in [0.1, 0.15) is 65.7 Å². The lowest BCUT2D eigenvalue weighted by atomic mass is 9.44. The number of carbonyl (C=O) groups is 2. The first-order valence-electron chi connectivity index (χ1n) is 9.51. The number of aliphatic hydroxyl groups excluding tert-OH is 1. The number of Topliss-reactive ketones (excluding diaryl/α,β-unsaturated/α-hetero) is 2. The van der Waals surface area contributed by atoms with Gasteiger partial charge in [-0.25, -0.2) is 0 Å². The zero-order valence-electron chi connectivity index (χ0n) is 14.7. The molecule has 1 N–H and O–H groups in total. The summed E-state index contributed by atoms with van der Waals surface area (Å²) in [6.07, 6.45) is 5.89. The molecule has 3 heteroatoms. The molecule has 3 nitrogen and oxygen atoms in total. The molecule has 0 aliphatic heterocycles. The summed E-state index contributed by atoms with van der Waals surface area (Å²) in [4.78, 5) is 25.4. The minimum atomic E-state index is -0.310. The largest absolute Gasteiger partial charge is 0.393 e. The van der Waals surface area contributed by atoms with Crippen molar-refractivity contribution in [2.75, 3.05) is 0 Å².